The molecule has 0 saturated carbocycles. The van der Waals surface area contributed by atoms with Crippen molar-refractivity contribution in [3.63, 3.8) is 0 Å². The lowest BCUT2D eigenvalue weighted by Crippen LogP contribution is -2.37. The van der Waals surface area contributed by atoms with Gasteiger partial charge in [0.25, 0.3) is 0 Å². The fourth-order valence-electron chi connectivity index (χ4n) is 3.81. The molecule has 0 N–H and O–H groups in total. The number of rotatable bonds is 2. The Labute approximate surface area is 138 Å². The highest BCUT2D eigenvalue weighted by molar-refractivity contribution is 5.77. The maximum atomic E-state index is 12.6. The number of fused-ring (bicyclic) bond motifs is 1. The Hall–Kier alpha value is -1.84. The van der Waals surface area contributed by atoms with Crippen LogP contribution in [0.1, 0.15) is 37.3 Å². The van der Waals surface area contributed by atoms with Crippen molar-refractivity contribution in [3.8, 4) is 0 Å². The minimum Gasteiger partial charge on any atom is -0.341 e. The summed E-state index contributed by atoms with van der Waals surface area (Å²) >= 11 is 0. The topological polar surface area (TPSA) is 40.6 Å². The molecule has 23 heavy (non-hydrogen) atoms. The molecule has 1 atom stereocenters. The highest BCUT2D eigenvalue weighted by Gasteiger charge is 2.25. The summed E-state index contributed by atoms with van der Waals surface area (Å²) in [5, 5.41) is 0. The SMILES string of the molecule is CC(=O)N1CCCN(C(=O)C[C@H]2CCc3ccccc3C2)CC1. The lowest BCUT2D eigenvalue weighted by Gasteiger charge is -2.27. The maximum Gasteiger partial charge on any atom is 0.222 e. The summed E-state index contributed by atoms with van der Waals surface area (Å²) in [5.41, 5.74) is 2.86. The highest BCUT2D eigenvalue weighted by Crippen LogP contribution is 2.28. The van der Waals surface area contributed by atoms with E-state index >= 15 is 0 Å². The van der Waals surface area contributed by atoms with E-state index in [-0.39, 0.29) is 11.8 Å². The Morgan fingerprint density at radius 1 is 1.04 bits per heavy atom. The van der Waals surface area contributed by atoms with E-state index in [0.717, 1.165) is 38.8 Å². The Morgan fingerprint density at radius 3 is 2.52 bits per heavy atom. The number of hydrogen-bond acceptors (Lipinski definition) is 2. The first-order valence-corrected chi connectivity index (χ1v) is 8.73. The molecule has 2 aliphatic rings. The summed E-state index contributed by atoms with van der Waals surface area (Å²) in [6, 6.07) is 8.59. The molecule has 3 rings (SSSR count). The van der Waals surface area contributed by atoms with Gasteiger partial charge in [-0.15, -0.1) is 0 Å². The number of benzene rings is 1. The lowest BCUT2D eigenvalue weighted by molar-refractivity contribution is -0.133. The predicted octanol–water partition coefficient (Wildman–Crippen LogP) is 2.26. The van der Waals surface area contributed by atoms with Crippen LogP contribution in [0, 0.1) is 5.92 Å². The molecule has 1 aromatic carbocycles. The Bertz CT molecular complexity index is 584. The minimum absolute atomic E-state index is 0.114. The summed E-state index contributed by atoms with van der Waals surface area (Å²) in [6.07, 6.45) is 4.75. The average Bonchev–Trinajstić information content (AvgIpc) is 2.81. The normalized spacial score (nSPS) is 21.5. The largest absolute Gasteiger partial charge is 0.341 e. The monoisotopic (exact) mass is 314 g/mol. The van der Waals surface area contributed by atoms with Gasteiger partial charge in [0.15, 0.2) is 0 Å². The van der Waals surface area contributed by atoms with E-state index in [0.29, 0.717) is 25.4 Å². The summed E-state index contributed by atoms with van der Waals surface area (Å²) in [5.74, 6) is 0.840. The summed E-state index contributed by atoms with van der Waals surface area (Å²) in [6.45, 7) is 4.52. The molecule has 1 aliphatic heterocycles. The molecule has 1 aromatic rings. The van der Waals surface area contributed by atoms with Crippen molar-refractivity contribution in [3.05, 3.63) is 35.4 Å². The van der Waals surface area contributed by atoms with Crippen LogP contribution in [0.15, 0.2) is 24.3 Å². The number of amides is 2. The number of aryl methyl sites for hydroxylation is 1. The first-order chi connectivity index (χ1) is 11.1. The van der Waals surface area contributed by atoms with Crippen molar-refractivity contribution >= 4 is 11.8 Å². The van der Waals surface area contributed by atoms with E-state index in [1.807, 2.05) is 9.80 Å². The van der Waals surface area contributed by atoms with Crippen molar-refractivity contribution < 1.29 is 9.59 Å². The molecule has 124 valence electrons. The van der Waals surface area contributed by atoms with Crippen LogP contribution in [0.25, 0.3) is 0 Å². The number of nitrogens with zero attached hydrogens (tertiary/aromatic N) is 2. The van der Waals surface area contributed by atoms with Gasteiger partial charge in [-0.25, -0.2) is 0 Å². The molecule has 0 bridgehead atoms. The molecule has 1 fully saturated rings. The van der Waals surface area contributed by atoms with Gasteiger partial charge in [0, 0.05) is 39.5 Å². The van der Waals surface area contributed by atoms with Crippen molar-refractivity contribution in [1.82, 2.24) is 9.80 Å². The molecule has 0 aromatic heterocycles. The molecular weight excluding hydrogens is 288 g/mol. The van der Waals surface area contributed by atoms with Crippen LogP contribution < -0.4 is 0 Å². The molecule has 0 unspecified atom stereocenters. The summed E-state index contributed by atoms with van der Waals surface area (Å²) in [7, 11) is 0. The maximum absolute atomic E-state index is 12.6. The first-order valence-electron chi connectivity index (χ1n) is 8.73. The Balaban J connectivity index is 1.54. The third-order valence-electron chi connectivity index (χ3n) is 5.21. The third kappa shape index (κ3) is 3.92. The molecule has 1 aliphatic carbocycles. The standard InChI is InChI=1S/C19H26N2O2/c1-15(22)20-9-4-10-21(12-11-20)19(23)14-16-7-8-17-5-2-3-6-18(17)13-16/h2-3,5-6,16H,4,7-14H2,1H3/t16-/m0/s1. The average molecular weight is 314 g/mol. The fourth-order valence-corrected chi connectivity index (χ4v) is 3.81. The minimum atomic E-state index is 0.114. The van der Waals surface area contributed by atoms with E-state index in [2.05, 4.69) is 24.3 Å². The van der Waals surface area contributed by atoms with E-state index in [4.69, 9.17) is 0 Å². The fraction of sp³-hybridized carbons (Fsp3) is 0.579. The van der Waals surface area contributed by atoms with Gasteiger partial charge in [0.1, 0.15) is 0 Å². The van der Waals surface area contributed by atoms with Crippen molar-refractivity contribution in [1.29, 1.82) is 0 Å². The number of hydrogen-bond donors (Lipinski definition) is 0. The zero-order chi connectivity index (χ0) is 16.2. The van der Waals surface area contributed by atoms with Crippen molar-refractivity contribution in [2.75, 3.05) is 26.2 Å². The molecule has 4 heteroatoms. The Kier molecular flexibility index (Phi) is 4.99. The van der Waals surface area contributed by atoms with Crippen LogP contribution in [0.3, 0.4) is 0 Å². The van der Waals surface area contributed by atoms with Gasteiger partial charge in [0.2, 0.25) is 11.8 Å². The second kappa shape index (κ2) is 7.16. The highest BCUT2D eigenvalue weighted by atomic mass is 16.2. The molecule has 2 amide bonds. The summed E-state index contributed by atoms with van der Waals surface area (Å²) < 4.78 is 0. The van der Waals surface area contributed by atoms with E-state index in [1.54, 1.807) is 6.92 Å². The van der Waals surface area contributed by atoms with E-state index in [9.17, 15) is 9.59 Å². The molecular formula is C19H26N2O2. The van der Waals surface area contributed by atoms with Gasteiger partial charge in [-0.1, -0.05) is 24.3 Å². The van der Waals surface area contributed by atoms with Gasteiger partial charge in [-0.3, -0.25) is 9.59 Å². The van der Waals surface area contributed by atoms with E-state index in [1.165, 1.54) is 11.1 Å². The second-order valence-electron chi connectivity index (χ2n) is 6.82. The van der Waals surface area contributed by atoms with Crippen LogP contribution in [-0.2, 0) is 22.4 Å². The van der Waals surface area contributed by atoms with Gasteiger partial charge in [-0.05, 0) is 42.7 Å². The zero-order valence-electron chi connectivity index (χ0n) is 14.0. The second-order valence-corrected chi connectivity index (χ2v) is 6.82. The van der Waals surface area contributed by atoms with Gasteiger partial charge < -0.3 is 9.80 Å². The number of carbonyl (C=O) groups is 2. The number of carbonyl (C=O) groups excluding carboxylic acids is 2. The lowest BCUT2D eigenvalue weighted by atomic mass is 9.82. The van der Waals surface area contributed by atoms with Crippen LogP contribution in [0.4, 0.5) is 0 Å². The zero-order valence-corrected chi connectivity index (χ0v) is 14.0. The third-order valence-corrected chi connectivity index (χ3v) is 5.21. The summed E-state index contributed by atoms with van der Waals surface area (Å²) in [4.78, 5) is 27.9. The van der Waals surface area contributed by atoms with Crippen LogP contribution in [0.2, 0.25) is 0 Å². The van der Waals surface area contributed by atoms with Crippen LogP contribution in [0.5, 0.6) is 0 Å². The van der Waals surface area contributed by atoms with Gasteiger partial charge >= 0.3 is 0 Å². The molecule has 0 spiro atoms. The smallest absolute Gasteiger partial charge is 0.222 e. The van der Waals surface area contributed by atoms with Crippen LogP contribution >= 0.6 is 0 Å². The van der Waals surface area contributed by atoms with Gasteiger partial charge in [-0.2, -0.15) is 0 Å². The van der Waals surface area contributed by atoms with Crippen molar-refractivity contribution in [2.24, 2.45) is 5.92 Å². The van der Waals surface area contributed by atoms with E-state index < -0.39 is 0 Å². The quantitative estimate of drug-likeness (QED) is 0.840. The van der Waals surface area contributed by atoms with Crippen LogP contribution in [-0.4, -0.2) is 47.8 Å². The molecule has 1 heterocycles. The molecule has 4 nitrogen and oxygen atoms in total. The molecule has 0 radical (unpaired) electrons. The Morgan fingerprint density at radius 2 is 1.74 bits per heavy atom. The predicted molar refractivity (Wildman–Crippen MR) is 90.0 cm³/mol. The first kappa shape index (κ1) is 16.0. The molecule has 1 saturated heterocycles. The van der Waals surface area contributed by atoms with Gasteiger partial charge in [0.05, 0.1) is 0 Å². The van der Waals surface area contributed by atoms with Crippen molar-refractivity contribution in [2.45, 2.75) is 39.0 Å².